The van der Waals surface area contributed by atoms with Gasteiger partial charge in [-0.2, -0.15) is 4.31 Å². The van der Waals surface area contributed by atoms with Gasteiger partial charge >= 0.3 is 0 Å². The van der Waals surface area contributed by atoms with Gasteiger partial charge in [-0.05, 0) is 37.5 Å². The fourth-order valence-corrected chi connectivity index (χ4v) is 6.54. The van der Waals surface area contributed by atoms with Gasteiger partial charge in [-0.15, -0.1) is 0 Å². The number of carbonyl (C=O) groups is 1. The third kappa shape index (κ3) is 4.21. The van der Waals surface area contributed by atoms with Gasteiger partial charge in [0.05, 0.1) is 22.3 Å². The maximum Gasteiger partial charge on any atom is 0.243 e. The summed E-state index contributed by atoms with van der Waals surface area (Å²) in [5.74, 6) is -1.08. The third-order valence-corrected chi connectivity index (χ3v) is 8.32. The Morgan fingerprint density at radius 2 is 1.88 bits per heavy atom. The zero-order valence-corrected chi connectivity index (χ0v) is 15.5. The van der Waals surface area contributed by atoms with E-state index in [0.29, 0.717) is 25.2 Å². The van der Waals surface area contributed by atoms with Crippen LogP contribution in [0.15, 0.2) is 29.2 Å². The van der Waals surface area contributed by atoms with Crippen LogP contribution in [-0.4, -0.2) is 51.6 Å². The maximum atomic E-state index is 12.7. The van der Waals surface area contributed by atoms with Crippen LogP contribution in [0.2, 0.25) is 0 Å². The summed E-state index contributed by atoms with van der Waals surface area (Å²) < 4.78 is 49.9. The number of sulfonamides is 1. The molecule has 2 saturated heterocycles. The van der Waals surface area contributed by atoms with E-state index in [9.17, 15) is 21.6 Å². The lowest BCUT2D eigenvalue weighted by atomic mass is 10.1. The Morgan fingerprint density at radius 3 is 2.52 bits per heavy atom. The molecule has 7 nitrogen and oxygen atoms in total. The highest BCUT2D eigenvalue weighted by atomic mass is 32.2. The number of nitrogens with zero attached hydrogens (tertiary/aromatic N) is 1. The average molecular weight is 386 g/mol. The zero-order chi connectivity index (χ0) is 18.1. The van der Waals surface area contributed by atoms with Crippen molar-refractivity contribution in [3.8, 4) is 0 Å². The summed E-state index contributed by atoms with van der Waals surface area (Å²) in [5.41, 5.74) is 0.368. The van der Waals surface area contributed by atoms with Crippen LogP contribution in [0.3, 0.4) is 0 Å². The van der Waals surface area contributed by atoms with Crippen molar-refractivity contribution < 1.29 is 21.6 Å². The van der Waals surface area contributed by atoms with Gasteiger partial charge in [0, 0.05) is 18.8 Å². The van der Waals surface area contributed by atoms with Crippen molar-refractivity contribution in [3.63, 3.8) is 0 Å². The van der Waals surface area contributed by atoms with Crippen LogP contribution in [0.1, 0.15) is 25.7 Å². The minimum Gasteiger partial charge on any atom is -0.326 e. The fraction of sp³-hybridized carbons (Fsp3) is 0.562. The summed E-state index contributed by atoms with van der Waals surface area (Å²) >= 11 is 0. The molecule has 3 rings (SSSR count). The number of anilines is 1. The topological polar surface area (TPSA) is 101 Å². The molecular weight excluding hydrogens is 364 g/mol. The van der Waals surface area contributed by atoms with E-state index in [1.807, 2.05) is 0 Å². The molecule has 2 heterocycles. The minimum atomic E-state index is -3.57. The highest BCUT2D eigenvalue weighted by Crippen LogP contribution is 2.24. The highest BCUT2D eigenvalue weighted by Gasteiger charge is 2.33. The van der Waals surface area contributed by atoms with Crippen LogP contribution >= 0.6 is 0 Å². The summed E-state index contributed by atoms with van der Waals surface area (Å²) in [5, 5.41) is 2.65. The van der Waals surface area contributed by atoms with Crippen LogP contribution in [0, 0.1) is 5.92 Å². The quantitative estimate of drug-likeness (QED) is 0.839. The lowest BCUT2D eigenvalue weighted by Gasteiger charge is -2.26. The first kappa shape index (κ1) is 18.3. The van der Waals surface area contributed by atoms with Gasteiger partial charge in [-0.1, -0.05) is 12.5 Å². The van der Waals surface area contributed by atoms with Crippen molar-refractivity contribution in [2.75, 3.05) is 29.9 Å². The number of nitrogens with one attached hydrogen (secondary N) is 1. The van der Waals surface area contributed by atoms with E-state index < -0.39 is 25.8 Å². The molecule has 1 unspecified atom stereocenters. The first-order valence-corrected chi connectivity index (χ1v) is 11.7. The molecule has 0 bridgehead atoms. The lowest BCUT2D eigenvalue weighted by molar-refractivity contribution is -0.119. The molecule has 1 atom stereocenters. The smallest absolute Gasteiger partial charge is 0.243 e. The summed E-state index contributed by atoms with van der Waals surface area (Å²) in [4.78, 5) is 12.4. The van der Waals surface area contributed by atoms with E-state index in [4.69, 9.17) is 0 Å². The molecule has 25 heavy (non-hydrogen) atoms. The van der Waals surface area contributed by atoms with E-state index in [0.717, 1.165) is 19.3 Å². The Labute approximate surface area is 148 Å². The first-order valence-electron chi connectivity index (χ1n) is 8.39. The van der Waals surface area contributed by atoms with E-state index in [2.05, 4.69) is 5.32 Å². The molecule has 1 N–H and O–H groups in total. The van der Waals surface area contributed by atoms with E-state index in [-0.39, 0.29) is 22.3 Å². The Bertz CT molecular complexity index is 858. The summed E-state index contributed by atoms with van der Waals surface area (Å²) in [7, 11) is -6.71. The lowest BCUT2D eigenvalue weighted by Crippen LogP contribution is -2.35. The van der Waals surface area contributed by atoms with Gasteiger partial charge in [0.1, 0.15) is 0 Å². The van der Waals surface area contributed by atoms with Gasteiger partial charge in [0.15, 0.2) is 9.84 Å². The van der Waals surface area contributed by atoms with Crippen LogP contribution < -0.4 is 5.32 Å². The molecule has 0 saturated carbocycles. The van der Waals surface area contributed by atoms with E-state index in [1.54, 1.807) is 12.1 Å². The predicted octanol–water partition coefficient (Wildman–Crippen LogP) is 1.23. The molecule has 0 aliphatic carbocycles. The van der Waals surface area contributed by atoms with Crippen molar-refractivity contribution in [3.05, 3.63) is 24.3 Å². The van der Waals surface area contributed by atoms with Crippen molar-refractivity contribution in [2.45, 2.75) is 30.6 Å². The van der Waals surface area contributed by atoms with E-state index >= 15 is 0 Å². The van der Waals surface area contributed by atoms with Crippen molar-refractivity contribution in [1.82, 2.24) is 4.31 Å². The molecule has 0 radical (unpaired) electrons. The molecule has 2 aliphatic heterocycles. The van der Waals surface area contributed by atoms with Crippen molar-refractivity contribution >= 4 is 31.5 Å². The Hall–Kier alpha value is -1.45. The summed E-state index contributed by atoms with van der Waals surface area (Å²) in [6, 6.07) is 6.14. The number of hydrogen-bond acceptors (Lipinski definition) is 5. The molecule has 2 fully saturated rings. The largest absolute Gasteiger partial charge is 0.326 e. The van der Waals surface area contributed by atoms with Crippen LogP contribution in [0.4, 0.5) is 5.69 Å². The predicted molar refractivity (Wildman–Crippen MR) is 94.4 cm³/mol. The standard InChI is InChI=1S/C16H22N2O5S2/c19-16(13-7-10-24(20,21)12-13)17-14-5-4-6-15(11-14)25(22,23)18-8-2-1-3-9-18/h4-6,11,13H,1-3,7-10,12H2,(H,17,19). The number of carbonyl (C=O) groups excluding carboxylic acids is 1. The number of sulfone groups is 1. The zero-order valence-electron chi connectivity index (χ0n) is 13.8. The second-order valence-corrected chi connectivity index (χ2v) is 10.7. The SMILES string of the molecule is O=C(Nc1cccc(S(=O)(=O)N2CCCCC2)c1)C1CCS(=O)(=O)C1. The van der Waals surface area contributed by atoms with Gasteiger partial charge in [-0.25, -0.2) is 16.8 Å². The maximum absolute atomic E-state index is 12.7. The van der Waals surface area contributed by atoms with Crippen LogP contribution in [0.5, 0.6) is 0 Å². The number of amides is 1. The second kappa shape index (κ2) is 7.05. The highest BCUT2D eigenvalue weighted by molar-refractivity contribution is 7.91. The molecular formula is C16H22N2O5S2. The molecule has 138 valence electrons. The van der Waals surface area contributed by atoms with Gasteiger partial charge in [-0.3, -0.25) is 4.79 Å². The molecule has 1 aromatic rings. The average Bonchev–Trinajstić information content (AvgIpc) is 2.96. The van der Waals surface area contributed by atoms with Gasteiger partial charge in [0.25, 0.3) is 0 Å². The number of hydrogen-bond donors (Lipinski definition) is 1. The molecule has 1 amide bonds. The fourth-order valence-electron chi connectivity index (χ4n) is 3.23. The molecule has 9 heteroatoms. The molecule has 0 aromatic heterocycles. The first-order chi connectivity index (χ1) is 11.8. The monoisotopic (exact) mass is 386 g/mol. The third-order valence-electron chi connectivity index (χ3n) is 4.66. The van der Waals surface area contributed by atoms with Crippen molar-refractivity contribution in [2.24, 2.45) is 5.92 Å². The Morgan fingerprint density at radius 1 is 1.16 bits per heavy atom. The second-order valence-electron chi connectivity index (χ2n) is 6.58. The Balaban J connectivity index is 1.74. The normalized spacial score (nSPS) is 24.1. The number of benzene rings is 1. The molecule has 1 aromatic carbocycles. The van der Waals surface area contributed by atoms with Crippen LogP contribution in [-0.2, 0) is 24.7 Å². The summed E-state index contributed by atoms with van der Waals surface area (Å²) in [6.45, 7) is 1.03. The van der Waals surface area contributed by atoms with Crippen molar-refractivity contribution in [1.29, 1.82) is 0 Å². The van der Waals surface area contributed by atoms with Crippen LogP contribution in [0.25, 0.3) is 0 Å². The van der Waals surface area contributed by atoms with Gasteiger partial charge in [0.2, 0.25) is 15.9 Å². The molecule has 0 spiro atoms. The summed E-state index contributed by atoms with van der Waals surface area (Å²) in [6.07, 6.45) is 3.05. The molecule has 2 aliphatic rings. The van der Waals surface area contributed by atoms with E-state index in [1.165, 1.54) is 16.4 Å². The number of piperidine rings is 1. The Kier molecular flexibility index (Phi) is 5.17. The minimum absolute atomic E-state index is 0.0223. The van der Waals surface area contributed by atoms with Gasteiger partial charge < -0.3 is 5.32 Å². The number of rotatable bonds is 4.